The van der Waals surface area contributed by atoms with Crippen LogP contribution in [0.15, 0.2) is 18.2 Å². The van der Waals surface area contributed by atoms with Crippen molar-refractivity contribution >= 4 is 5.69 Å². The number of aryl methyl sites for hydroxylation is 1. The zero-order chi connectivity index (χ0) is 10.7. The molecule has 0 radical (unpaired) electrons. The topological polar surface area (TPSA) is 35.2 Å². The first-order valence-corrected chi connectivity index (χ1v) is 5.69. The van der Waals surface area contributed by atoms with Crippen molar-refractivity contribution in [1.29, 1.82) is 0 Å². The van der Waals surface area contributed by atoms with Gasteiger partial charge < -0.3 is 10.5 Å². The maximum absolute atomic E-state index is 6.07. The van der Waals surface area contributed by atoms with E-state index in [9.17, 15) is 0 Å². The Kier molecular flexibility index (Phi) is 3.27. The molecule has 0 amide bonds. The third kappa shape index (κ3) is 2.51. The van der Waals surface area contributed by atoms with Crippen LogP contribution in [0.1, 0.15) is 24.0 Å². The van der Waals surface area contributed by atoms with Crippen molar-refractivity contribution in [1.82, 2.24) is 0 Å². The molecule has 82 valence electrons. The summed E-state index contributed by atoms with van der Waals surface area (Å²) in [6.45, 7) is 3.90. The second kappa shape index (κ2) is 4.67. The molecule has 0 saturated carbocycles. The van der Waals surface area contributed by atoms with Crippen molar-refractivity contribution in [3.05, 3.63) is 29.3 Å². The molecule has 0 spiro atoms. The maximum atomic E-state index is 6.07. The summed E-state index contributed by atoms with van der Waals surface area (Å²) < 4.78 is 5.36. The summed E-state index contributed by atoms with van der Waals surface area (Å²) in [7, 11) is 0. The summed E-state index contributed by atoms with van der Waals surface area (Å²) in [5.41, 5.74) is 9.55. The number of rotatable bonds is 2. The smallest absolute Gasteiger partial charge is 0.0468 e. The van der Waals surface area contributed by atoms with E-state index in [4.69, 9.17) is 10.5 Å². The first-order valence-electron chi connectivity index (χ1n) is 5.69. The van der Waals surface area contributed by atoms with Gasteiger partial charge in [-0.2, -0.15) is 0 Å². The lowest BCUT2D eigenvalue weighted by atomic mass is 9.91. The zero-order valence-corrected chi connectivity index (χ0v) is 9.33. The fraction of sp³-hybridized carbons (Fsp3) is 0.538. The summed E-state index contributed by atoms with van der Waals surface area (Å²) in [6, 6.07) is 6.32. The lowest BCUT2D eigenvalue weighted by Crippen LogP contribution is -2.18. The second-order valence-electron chi connectivity index (χ2n) is 4.41. The van der Waals surface area contributed by atoms with Crippen molar-refractivity contribution < 1.29 is 4.74 Å². The Hall–Kier alpha value is -1.02. The lowest BCUT2D eigenvalue weighted by molar-refractivity contribution is 0.0666. The molecule has 0 bridgehead atoms. The van der Waals surface area contributed by atoms with Crippen LogP contribution in [0.3, 0.4) is 0 Å². The van der Waals surface area contributed by atoms with Crippen LogP contribution in [0.4, 0.5) is 5.69 Å². The van der Waals surface area contributed by atoms with E-state index >= 15 is 0 Å². The van der Waals surface area contributed by atoms with Crippen LogP contribution in [-0.4, -0.2) is 13.2 Å². The van der Waals surface area contributed by atoms with Gasteiger partial charge in [-0.1, -0.05) is 18.2 Å². The Labute approximate surface area is 91.4 Å². The van der Waals surface area contributed by atoms with Crippen LogP contribution in [0.25, 0.3) is 0 Å². The molecule has 1 fully saturated rings. The number of ether oxygens (including phenoxy) is 1. The fourth-order valence-electron chi connectivity index (χ4n) is 2.18. The molecule has 1 aromatic rings. The van der Waals surface area contributed by atoms with Crippen LogP contribution in [0.2, 0.25) is 0 Å². The van der Waals surface area contributed by atoms with Gasteiger partial charge in [0.15, 0.2) is 0 Å². The third-order valence-corrected chi connectivity index (χ3v) is 3.26. The SMILES string of the molecule is Cc1cccc(CC2CCOCC2)c1N. The van der Waals surface area contributed by atoms with Gasteiger partial charge in [-0.25, -0.2) is 0 Å². The number of anilines is 1. The minimum Gasteiger partial charge on any atom is -0.398 e. The monoisotopic (exact) mass is 205 g/mol. The molecule has 0 aliphatic carbocycles. The normalized spacial score (nSPS) is 17.9. The minimum atomic E-state index is 0.753. The quantitative estimate of drug-likeness (QED) is 0.753. The number of benzene rings is 1. The molecule has 0 atom stereocenters. The number of nitrogens with two attached hydrogens (primary N) is 1. The number of hydrogen-bond acceptors (Lipinski definition) is 2. The lowest BCUT2D eigenvalue weighted by Gasteiger charge is -2.22. The van der Waals surface area contributed by atoms with E-state index in [0.29, 0.717) is 0 Å². The molecular weight excluding hydrogens is 186 g/mol. The van der Waals surface area contributed by atoms with Crippen LogP contribution < -0.4 is 5.73 Å². The van der Waals surface area contributed by atoms with Crippen LogP contribution in [0, 0.1) is 12.8 Å². The fourth-order valence-corrected chi connectivity index (χ4v) is 2.18. The van der Waals surface area contributed by atoms with E-state index in [2.05, 4.69) is 25.1 Å². The van der Waals surface area contributed by atoms with E-state index in [1.807, 2.05) is 0 Å². The van der Waals surface area contributed by atoms with Crippen molar-refractivity contribution in [2.75, 3.05) is 18.9 Å². The standard InChI is InChI=1S/C13H19NO/c1-10-3-2-4-12(13(10)14)9-11-5-7-15-8-6-11/h2-4,11H,5-9,14H2,1H3. The Morgan fingerprint density at radius 3 is 2.80 bits per heavy atom. The van der Waals surface area contributed by atoms with Gasteiger partial charge in [0.1, 0.15) is 0 Å². The minimum absolute atomic E-state index is 0.753. The average Bonchev–Trinajstić information content (AvgIpc) is 2.26. The van der Waals surface area contributed by atoms with E-state index in [0.717, 1.165) is 31.2 Å². The Morgan fingerprint density at radius 2 is 2.07 bits per heavy atom. The molecule has 1 aliphatic heterocycles. The average molecular weight is 205 g/mol. The molecule has 0 aromatic heterocycles. The largest absolute Gasteiger partial charge is 0.398 e. The van der Waals surface area contributed by atoms with Crippen LogP contribution >= 0.6 is 0 Å². The molecule has 1 saturated heterocycles. The molecule has 2 nitrogen and oxygen atoms in total. The van der Waals surface area contributed by atoms with Crippen LogP contribution in [0.5, 0.6) is 0 Å². The van der Waals surface area contributed by atoms with Crippen molar-refractivity contribution in [3.63, 3.8) is 0 Å². The van der Waals surface area contributed by atoms with Gasteiger partial charge in [-0.3, -0.25) is 0 Å². The molecule has 0 unspecified atom stereocenters. The predicted octanol–water partition coefficient (Wildman–Crippen LogP) is 2.55. The third-order valence-electron chi connectivity index (χ3n) is 3.26. The number of para-hydroxylation sites is 1. The first-order chi connectivity index (χ1) is 7.27. The highest BCUT2D eigenvalue weighted by Gasteiger charge is 2.15. The molecule has 2 rings (SSSR count). The molecular formula is C13H19NO. The molecule has 1 aliphatic rings. The highest BCUT2D eigenvalue weighted by atomic mass is 16.5. The van der Waals surface area contributed by atoms with Crippen molar-refractivity contribution in [2.45, 2.75) is 26.2 Å². The van der Waals surface area contributed by atoms with Gasteiger partial charge in [0.2, 0.25) is 0 Å². The molecule has 2 heteroatoms. The Balaban J connectivity index is 2.06. The molecule has 15 heavy (non-hydrogen) atoms. The van der Waals surface area contributed by atoms with Crippen molar-refractivity contribution in [3.8, 4) is 0 Å². The van der Waals surface area contributed by atoms with E-state index in [1.165, 1.54) is 24.0 Å². The summed E-state index contributed by atoms with van der Waals surface area (Å²) in [5.74, 6) is 0.753. The van der Waals surface area contributed by atoms with Gasteiger partial charge in [0.05, 0.1) is 0 Å². The predicted molar refractivity (Wildman–Crippen MR) is 62.8 cm³/mol. The van der Waals surface area contributed by atoms with Gasteiger partial charge in [0, 0.05) is 18.9 Å². The van der Waals surface area contributed by atoms with E-state index in [1.54, 1.807) is 0 Å². The second-order valence-corrected chi connectivity index (χ2v) is 4.41. The summed E-state index contributed by atoms with van der Waals surface area (Å²) >= 11 is 0. The van der Waals surface area contributed by atoms with Crippen LogP contribution in [-0.2, 0) is 11.2 Å². The highest BCUT2D eigenvalue weighted by Crippen LogP contribution is 2.24. The molecule has 1 aromatic carbocycles. The number of hydrogen-bond donors (Lipinski definition) is 1. The van der Waals surface area contributed by atoms with E-state index < -0.39 is 0 Å². The van der Waals surface area contributed by atoms with Gasteiger partial charge in [0.25, 0.3) is 0 Å². The molecule has 1 heterocycles. The zero-order valence-electron chi connectivity index (χ0n) is 9.33. The highest BCUT2D eigenvalue weighted by molar-refractivity contribution is 5.53. The van der Waals surface area contributed by atoms with Crippen molar-refractivity contribution in [2.24, 2.45) is 5.92 Å². The van der Waals surface area contributed by atoms with Gasteiger partial charge in [-0.05, 0) is 43.2 Å². The summed E-state index contributed by atoms with van der Waals surface area (Å²) in [4.78, 5) is 0. The number of nitrogen functional groups attached to an aromatic ring is 1. The summed E-state index contributed by atoms with van der Waals surface area (Å²) in [6.07, 6.45) is 3.46. The maximum Gasteiger partial charge on any atom is 0.0468 e. The van der Waals surface area contributed by atoms with Gasteiger partial charge >= 0.3 is 0 Å². The van der Waals surface area contributed by atoms with E-state index in [-0.39, 0.29) is 0 Å². The Morgan fingerprint density at radius 1 is 1.33 bits per heavy atom. The Bertz CT molecular complexity index is 329. The first kappa shape index (κ1) is 10.5. The molecule has 2 N–H and O–H groups in total. The van der Waals surface area contributed by atoms with Gasteiger partial charge in [-0.15, -0.1) is 0 Å². The summed E-state index contributed by atoms with van der Waals surface area (Å²) in [5, 5.41) is 0.